The SMILES string of the molecule is CCCCCCCCCCCCCC[N+](CCC)(c1ccccc1)c1ccccc1. The maximum atomic E-state index is 2.32. The lowest BCUT2D eigenvalue weighted by Crippen LogP contribution is -2.45. The fourth-order valence-corrected chi connectivity index (χ4v) is 4.81. The Hall–Kier alpha value is -1.60. The summed E-state index contributed by atoms with van der Waals surface area (Å²) < 4.78 is 0.996. The van der Waals surface area contributed by atoms with E-state index in [-0.39, 0.29) is 0 Å². The molecule has 30 heavy (non-hydrogen) atoms. The third kappa shape index (κ3) is 8.26. The van der Waals surface area contributed by atoms with Gasteiger partial charge in [-0.3, -0.25) is 4.48 Å². The molecule has 0 spiro atoms. The van der Waals surface area contributed by atoms with Crippen LogP contribution in [0.3, 0.4) is 0 Å². The van der Waals surface area contributed by atoms with E-state index >= 15 is 0 Å². The summed E-state index contributed by atoms with van der Waals surface area (Å²) in [5.74, 6) is 0. The third-order valence-electron chi connectivity index (χ3n) is 6.50. The standard InChI is InChI=1S/C29H46N/c1-3-5-6-7-8-9-10-11-12-13-14-21-27-30(26-4-2,28-22-17-15-18-23-28)29-24-19-16-20-25-29/h15-20,22-25H,3-14,21,26-27H2,1-2H3/q+1. The molecule has 0 aliphatic carbocycles. The number of benzene rings is 2. The average molecular weight is 409 g/mol. The summed E-state index contributed by atoms with van der Waals surface area (Å²) in [5, 5.41) is 0. The molecular weight excluding hydrogens is 362 g/mol. The monoisotopic (exact) mass is 408 g/mol. The van der Waals surface area contributed by atoms with Crippen molar-refractivity contribution in [2.24, 2.45) is 0 Å². The topological polar surface area (TPSA) is 0 Å². The molecule has 0 unspecified atom stereocenters. The molecule has 0 radical (unpaired) electrons. The van der Waals surface area contributed by atoms with Gasteiger partial charge < -0.3 is 0 Å². The highest BCUT2D eigenvalue weighted by Gasteiger charge is 2.31. The van der Waals surface area contributed by atoms with Crippen molar-refractivity contribution in [2.75, 3.05) is 13.1 Å². The highest BCUT2D eigenvalue weighted by molar-refractivity contribution is 5.58. The number of hydrogen-bond donors (Lipinski definition) is 0. The molecule has 166 valence electrons. The van der Waals surface area contributed by atoms with Gasteiger partial charge in [0.2, 0.25) is 0 Å². The molecule has 0 aliphatic heterocycles. The van der Waals surface area contributed by atoms with Crippen LogP contribution in [0.2, 0.25) is 0 Å². The Morgan fingerprint density at radius 1 is 0.433 bits per heavy atom. The normalized spacial score (nSPS) is 11.7. The van der Waals surface area contributed by atoms with Gasteiger partial charge in [-0.25, -0.2) is 0 Å². The van der Waals surface area contributed by atoms with E-state index in [9.17, 15) is 0 Å². The maximum absolute atomic E-state index is 2.32. The molecule has 0 saturated heterocycles. The fraction of sp³-hybridized carbons (Fsp3) is 0.586. The number of para-hydroxylation sites is 2. The molecule has 0 N–H and O–H groups in total. The summed E-state index contributed by atoms with van der Waals surface area (Å²) >= 11 is 0. The minimum Gasteiger partial charge on any atom is -0.259 e. The molecule has 0 aliphatic rings. The number of unbranched alkanes of at least 4 members (excludes halogenated alkanes) is 11. The third-order valence-corrected chi connectivity index (χ3v) is 6.50. The second-order valence-electron chi connectivity index (χ2n) is 8.98. The zero-order chi connectivity index (χ0) is 21.3. The Morgan fingerprint density at radius 3 is 1.23 bits per heavy atom. The van der Waals surface area contributed by atoms with Crippen LogP contribution >= 0.6 is 0 Å². The van der Waals surface area contributed by atoms with E-state index in [0.717, 1.165) is 4.48 Å². The van der Waals surface area contributed by atoms with Gasteiger partial charge in [0.05, 0.1) is 13.1 Å². The van der Waals surface area contributed by atoms with Gasteiger partial charge in [-0.1, -0.05) is 114 Å². The molecule has 1 nitrogen and oxygen atoms in total. The largest absolute Gasteiger partial charge is 0.259 e. The van der Waals surface area contributed by atoms with Crippen molar-refractivity contribution in [3.05, 3.63) is 60.7 Å². The minimum absolute atomic E-state index is 0.996. The lowest BCUT2D eigenvalue weighted by molar-refractivity contribution is 0.365. The van der Waals surface area contributed by atoms with Gasteiger partial charge in [0.1, 0.15) is 11.4 Å². The first kappa shape index (κ1) is 24.7. The van der Waals surface area contributed by atoms with Crippen molar-refractivity contribution in [3.63, 3.8) is 0 Å². The van der Waals surface area contributed by atoms with Gasteiger partial charge in [-0.2, -0.15) is 0 Å². The van der Waals surface area contributed by atoms with E-state index < -0.39 is 0 Å². The first-order chi connectivity index (χ1) is 14.8. The second kappa shape index (κ2) is 15.2. The van der Waals surface area contributed by atoms with Gasteiger partial charge in [0, 0.05) is 0 Å². The van der Waals surface area contributed by atoms with E-state index in [1.807, 2.05) is 0 Å². The smallest absolute Gasteiger partial charge is 0.137 e. The minimum atomic E-state index is 0.996. The zero-order valence-electron chi connectivity index (χ0n) is 19.8. The van der Waals surface area contributed by atoms with E-state index in [2.05, 4.69) is 74.5 Å². The molecule has 0 saturated carbocycles. The van der Waals surface area contributed by atoms with Crippen molar-refractivity contribution in [1.29, 1.82) is 0 Å². The average Bonchev–Trinajstić information content (AvgIpc) is 2.80. The molecule has 0 bridgehead atoms. The van der Waals surface area contributed by atoms with Crippen LogP contribution in [0.1, 0.15) is 97.3 Å². The molecule has 0 heterocycles. The second-order valence-corrected chi connectivity index (χ2v) is 8.98. The summed E-state index contributed by atoms with van der Waals surface area (Å²) in [6.45, 7) is 7.00. The van der Waals surface area contributed by atoms with E-state index in [1.54, 1.807) is 0 Å². The van der Waals surface area contributed by atoms with Gasteiger partial charge in [-0.15, -0.1) is 0 Å². The fourth-order valence-electron chi connectivity index (χ4n) is 4.81. The van der Waals surface area contributed by atoms with Crippen LogP contribution in [-0.4, -0.2) is 13.1 Å². The first-order valence-electron chi connectivity index (χ1n) is 12.8. The van der Waals surface area contributed by atoms with E-state index in [1.165, 1.54) is 108 Å². The molecule has 2 aromatic carbocycles. The Bertz CT molecular complexity index is 594. The van der Waals surface area contributed by atoms with E-state index in [4.69, 9.17) is 0 Å². The maximum Gasteiger partial charge on any atom is 0.137 e. The number of nitrogens with zero attached hydrogens (tertiary/aromatic N) is 1. The zero-order valence-corrected chi connectivity index (χ0v) is 19.8. The van der Waals surface area contributed by atoms with Crippen LogP contribution in [0, 0.1) is 0 Å². The van der Waals surface area contributed by atoms with Gasteiger partial charge >= 0.3 is 0 Å². The Labute approximate surface area is 187 Å². The highest BCUT2D eigenvalue weighted by atomic mass is 15.4. The van der Waals surface area contributed by atoms with Gasteiger partial charge in [-0.05, 0) is 43.5 Å². The summed E-state index contributed by atoms with van der Waals surface area (Å²) in [7, 11) is 0. The predicted molar refractivity (Wildman–Crippen MR) is 135 cm³/mol. The summed E-state index contributed by atoms with van der Waals surface area (Å²) in [5.41, 5.74) is 2.88. The van der Waals surface area contributed by atoms with Crippen LogP contribution < -0.4 is 4.48 Å². The molecule has 1 heteroatoms. The molecule has 0 aromatic heterocycles. The summed E-state index contributed by atoms with van der Waals surface area (Å²) in [4.78, 5) is 0. The van der Waals surface area contributed by atoms with Gasteiger partial charge in [0.15, 0.2) is 0 Å². The Balaban J connectivity index is 1.79. The molecular formula is C29H46N+. The first-order valence-corrected chi connectivity index (χ1v) is 12.8. The molecule has 0 atom stereocenters. The summed E-state index contributed by atoms with van der Waals surface area (Å²) in [6.07, 6.45) is 18.1. The van der Waals surface area contributed by atoms with Crippen molar-refractivity contribution in [3.8, 4) is 0 Å². The van der Waals surface area contributed by atoms with Crippen LogP contribution in [0.4, 0.5) is 11.4 Å². The predicted octanol–water partition coefficient (Wildman–Crippen LogP) is 9.44. The quantitative estimate of drug-likeness (QED) is 0.180. The Kier molecular flexibility index (Phi) is 12.5. The van der Waals surface area contributed by atoms with Crippen molar-refractivity contribution < 1.29 is 0 Å². The van der Waals surface area contributed by atoms with Crippen molar-refractivity contribution in [2.45, 2.75) is 97.3 Å². The lowest BCUT2D eigenvalue weighted by atomic mass is 10.0. The highest BCUT2D eigenvalue weighted by Crippen LogP contribution is 2.35. The Morgan fingerprint density at radius 2 is 0.833 bits per heavy atom. The molecule has 0 amide bonds. The van der Waals surface area contributed by atoms with Crippen LogP contribution in [0.25, 0.3) is 0 Å². The number of quaternary nitrogens is 1. The van der Waals surface area contributed by atoms with Crippen LogP contribution in [-0.2, 0) is 0 Å². The molecule has 2 rings (SSSR count). The number of rotatable bonds is 17. The number of hydrogen-bond acceptors (Lipinski definition) is 0. The van der Waals surface area contributed by atoms with Crippen LogP contribution in [0.15, 0.2) is 60.7 Å². The molecule has 0 fully saturated rings. The van der Waals surface area contributed by atoms with Gasteiger partial charge in [0.25, 0.3) is 0 Å². The van der Waals surface area contributed by atoms with Crippen molar-refractivity contribution in [1.82, 2.24) is 4.48 Å². The van der Waals surface area contributed by atoms with Crippen molar-refractivity contribution >= 4 is 11.4 Å². The summed E-state index contributed by atoms with van der Waals surface area (Å²) in [6, 6.07) is 22.4. The van der Waals surface area contributed by atoms with E-state index in [0.29, 0.717) is 0 Å². The van der Waals surface area contributed by atoms with Crippen LogP contribution in [0.5, 0.6) is 0 Å². The lowest BCUT2D eigenvalue weighted by Gasteiger charge is -2.38. The molecule has 2 aromatic rings.